The van der Waals surface area contributed by atoms with Gasteiger partial charge in [-0.1, -0.05) is 36.4 Å². The van der Waals surface area contributed by atoms with Crippen molar-refractivity contribution in [3.63, 3.8) is 0 Å². The minimum Gasteiger partial charge on any atom is -0.369 e. The van der Waals surface area contributed by atoms with Gasteiger partial charge < -0.3 is 5.73 Å². The summed E-state index contributed by atoms with van der Waals surface area (Å²) in [5.74, 6) is -0.497. The zero-order valence-corrected chi connectivity index (χ0v) is 20.5. The molecule has 1 aromatic heterocycles. The van der Waals surface area contributed by atoms with Crippen molar-refractivity contribution in [2.45, 2.75) is 43.1 Å². The molecule has 35 heavy (non-hydrogen) atoms. The van der Waals surface area contributed by atoms with Gasteiger partial charge in [-0.15, -0.1) is 11.3 Å². The third-order valence-corrected chi connectivity index (χ3v) is 8.63. The number of carbonyl (C=O) groups is 1. The summed E-state index contributed by atoms with van der Waals surface area (Å²) in [6.07, 6.45) is 2.81. The van der Waals surface area contributed by atoms with Gasteiger partial charge in [0.2, 0.25) is 5.91 Å². The molecule has 0 radical (unpaired) electrons. The topological polar surface area (TPSA) is 106 Å². The lowest BCUT2D eigenvalue weighted by molar-refractivity contribution is -0.130. The summed E-state index contributed by atoms with van der Waals surface area (Å²) < 4.78 is 0. The third-order valence-electron chi connectivity index (χ3n) is 7.47. The van der Waals surface area contributed by atoms with Crippen LogP contribution < -0.4 is 5.73 Å². The zero-order valence-electron chi connectivity index (χ0n) is 19.7. The molecule has 2 heterocycles. The van der Waals surface area contributed by atoms with Crippen LogP contribution in [0.5, 0.6) is 0 Å². The molecule has 0 bridgehead atoms. The molecule has 2 aliphatic rings. The molecule has 174 valence electrons. The van der Waals surface area contributed by atoms with Gasteiger partial charge in [0.1, 0.15) is 5.54 Å². The second-order valence-electron chi connectivity index (χ2n) is 9.51. The summed E-state index contributed by atoms with van der Waals surface area (Å²) >= 11 is 1.53. The molecule has 6 nitrogen and oxygen atoms in total. The van der Waals surface area contributed by atoms with Crippen LogP contribution in [0.4, 0.5) is 0 Å². The normalized spacial score (nSPS) is 23.1. The molecule has 1 aliphatic heterocycles. The van der Waals surface area contributed by atoms with Crippen molar-refractivity contribution >= 4 is 23.2 Å². The van der Waals surface area contributed by atoms with Crippen molar-refractivity contribution in [2.24, 2.45) is 10.7 Å². The third kappa shape index (κ3) is 3.60. The number of guanidine groups is 1. The van der Waals surface area contributed by atoms with E-state index in [1.54, 1.807) is 13.1 Å². The summed E-state index contributed by atoms with van der Waals surface area (Å²) in [5, 5.41) is 21.0. The first-order chi connectivity index (χ1) is 16.8. The van der Waals surface area contributed by atoms with E-state index < -0.39 is 16.9 Å². The van der Waals surface area contributed by atoms with Gasteiger partial charge >= 0.3 is 0 Å². The fourth-order valence-corrected chi connectivity index (χ4v) is 6.16. The van der Waals surface area contributed by atoms with Crippen molar-refractivity contribution in [3.05, 3.63) is 81.5 Å². The maximum absolute atomic E-state index is 13.6. The molecule has 0 spiro atoms. The van der Waals surface area contributed by atoms with Crippen LogP contribution in [0.15, 0.2) is 65.0 Å². The molecule has 2 atom stereocenters. The van der Waals surface area contributed by atoms with E-state index in [9.17, 15) is 15.3 Å². The molecule has 1 aliphatic carbocycles. The van der Waals surface area contributed by atoms with E-state index in [2.05, 4.69) is 12.1 Å². The largest absolute Gasteiger partial charge is 0.369 e. The smallest absolute Gasteiger partial charge is 0.239 e. The Morgan fingerprint density at radius 3 is 2.49 bits per heavy atom. The first-order valence-corrected chi connectivity index (χ1v) is 12.4. The maximum atomic E-state index is 13.6. The number of thiophene rings is 1. The van der Waals surface area contributed by atoms with E-state index in [-0.39, 0.29) is 11.9 Å². The quantitative estimate of drug-likeness (QED) is 0.567. The predicted octanol–water partition coefficient (Wildman–Crippen LogP) is 5.02. The highest BCUT2D eigenvalue weighted by molar-refractivity contribution is 7.10. The highest BCUT2D eigenvalue weighted by atomic mass is 32.1. The minimum atomic E-state index is -0.895. The number of nitriles is 2. The van der Waals surface area contributed by atoms with Crippen LogP contribution in [0, 0.1) is 22.7 Å². The Balaban J connectivity index is 1.57. The Hall–Kier alpha value is -3.94. The SMILES string of the molecule is CN1C(=O)[C@H](c2ccc(C3(C#N)CCC3)cc2)[C@@](C)(c2cc(-c3cccc(C#N)c3)cs2)N=C1N. The predicted molar refractivity (Wildman–Crippen MR) is 137 cm³/mol. The van der Waals surface area contributed by atoms with Crippen molar-refractivity contribution in [1.82, 2.24) is 4.90 Å². The van der Waals surface area contributed by atoms with E-state index in [4.69, 9.17) is 10.7 Å². The molecular formula is C28H25N5OS. The summed E-state index contributed by atoms with van der Waals surface area (Å²) in [4.78, 5) is 20.7. The monoisotopic (exact) mass is 479 g/mol. The first-order valence-electron chi connectivity index (χ1n) is 11.6. The van der Waals surface area contributed by atoms with Crippen molar-refractivity contribution in [1.29, 1.82) is 10.5 Å². The molecule has 3 aromatic rings. The summed E-state index contributed by atoms with van der Waals surface area (Å²) in [5.41, 5.74) is 9.25. The number of nitrogens with zero attached hydrogens (tertiary/aromatic N) is 4. The molecule has 0 unspecified atom stereocenters. The molecule has 2 N–H and O–H groups in total. The molecule has 1 fully saturated rings. The van der Waals surface area contributed by atoms with Crippen molar-refractivity contribution in [3.8, 4) is 23.3 Å². The lowest BCUT2D eigenvalue weighted by Crippen LogP contribution is -2.52. The number of carbonyl (C=O) groups excluding carboxylic acids is 1. The summed E-state index contributed by atoms with van der Waals surface area (Å²) in [7, 11) is 1.65. The second-order valence-corrected chi connectivity index (χ2v) is 10.4. The maximum Gasteiger partial charge on any atom is 0.239 e. The number of rotatable bonds is 4. The second kappa shape index (κ2) is 8.37. The average molecular weight is 480 g/mol. The van der Waals surface area contributed by atoms with Gasteiger partial charge in [0, 0.05) is 11.9 Å². The number of hydrogen-bond donors (Lipinski definition) is 1. The van der Waals surface area contributed by atoms with Crippen LogP contribution in [0.3, 0.4) is 0 Å². The van der Waals surface area contributed by atoms with Crippen LogP contribution in [-0.4, -0.2) is 23.8 Å². The van der Waals surface area contributed by atoms with Crippen molar-refractivity contribution < 1.29 is 4.79 Å². The van der Waals surface area contributed by atoms with Gasteiger partial charge in [0.05, 0.1) is 29.0 Å². The standard InChI is InChI=1S/C28H25N5OS/c1-27(23-14-21(16-35-23)20-6-3-5-18(13-20)15-29)24(25(34)33(2)26(31)32-27)19-7-9-22(10-8-19)28(17-30)11-4-12-28/h3,5-10,13-14,16,24H,4,11-12H2,1-2H3,(H2,31,32)/t24-,27+/m0/s1. The number of benzene rings is 2. The number of nitrogens with two attached hydrogens (primary N) is 1. The highest BCUT2D eigenvalue weighted by Gasteiger charge is 2.48. The molecule has 2 aromatic carbocycles. The van der Waals surface area contributed by atoms with Crippen LogP contribution in [0.25, 0.3) is 11.1 Å². The lowest BCUT2D eigenvalue weighted by atomic mass is 9.65. The van der Waals surface area contributed by atoms with E-state index in [0.717, 1.165) is 46.4 Å². The first kappa shape index (κ1) is 22.8. The molecule has 5 rings (SSSR count). The molecule has 1 amide bonds. The highest BCUT2D eigenvalue weighted by Crippen LogP contribution is 2.48. The van der Waals surface area contributed by atoms with Crippen molar-refractivity contribution in [2.75, 3.05) is 7.05 Å². The van der Waals surface area contributed by atoms with Gasteiger partial charge in [0.25, 0.3) is 0 Å². The van der Waals surface area contributed by atoms with Crippen LogP contribution >= 0.6 is 11.3 Å². The van der Waals surface area contributed by atoms with E-state index in [0.29, 0.717) is 5.56 Å². The molecule has 0 saturated heterocycles. The van der Waals surface area contributed by atoms with Gasteiger partial charge in [-0.2, -0.15) is 10.5 Å². The number of hydrogen-bond acceptors (Lipinski definition) is 6. The molecule has 1 saturated carbocycles. The van der Waals surface area contributed by atoms with E-state index in [1.807, 2.05) is 60.8 Å². The Morgan fingerprint density at radius 2 is 1.86 bits per heavy atom. The Bertz CT molecular complexity index is 1420. The minimum absolute atomic E-state index is 0.118. The summed E-state index contributed by atoms with van der Waals surface area (Å²) in [6.45, 7) is 1.95. The fraction of sp³-hybridized carbons (Fsp3) is 0.286. The van der Waals surface area contributed by atoms with Crippen LogP contribution in [0.2, 0.25) is 0 Å². The van der Waals surface area contributed by atoms with Gasteiger partial charge in [-0.3, -0.25) is 9.69 Å². The van der Waals surface area contributed by atoms with E-state index >= 15 is 0 Å². The lowest BCUT2D eigenvalue weighted by Gasteiger charge is -2.40. The van der Waals surface area contributed by atoms with Gasteiger partial charge in [0.15, 0.2) is 5.96 Å². The number of aliphatic imine (C=N–C) groups is 1. The van der Waals surface area contributed by atoms with E-state index in [1.165, 1.54) is 16.2 Å². The molecule has 7 heteroatoms. The average Bonchev–Trinajstić information content (AvgIpc) is 3.35. The summed E-state index contributed by atoms with van der Waals surface area (Å²) in [6, 6.07) is 22.1. The number of likely N-dealkylation sites (N-methyl/N-ethyl adjacent to an activating group) is 1. The van der Waals surface area contributed by atoms with Crippen LogP contribution in [-0.2, 0) is 15.7 Å². The van der Waals surface area contributed by atoms with Gasteiger partial charge in [-0.05, 0) is 72.0 Å². The Morgan fingerprint density at radius 1 is 1.11 bits per heavy atom. The Kier molecular flexibility index (Phi) is 5.46. The van der Waals surface area contributed by atoms with Crippen LogP contribution in [0.1, 0.15) is 53.7 Å². The Labute approximate surface area is 208 Å². The van der Waals surface area contributed by atoms with Gasteiger partial charge in [-0.25, -0.2) is 4.99 Å². The number of amides is 1. The zero-order chi connectivity index (χ0) is 24.8. The molecular weight excluding hydrogens is 454 g/mol. The fourth-order valence-electron chi connectivity index (χ4n) is 5.10.